The summed E-state index contributed by atoms with van der Waals surface area (Å²) in [4.78, 5) is 4.02. The van der Waals surface area contributed by atoms with Crippen molar-refractivity contribution in [1.29, 1.82) is 0 Å². The maximum atomic E-state index is 5.71. The Balaban J connectivity index is 2.28. The molecule has 0 fully saturated rings. The maximum absolute atomic E-state index is 5.71. The fourth-order valence-electron chi connectivity index (χ4n) is 2.57. The van der Waals surface area contributed by atoms with Gasteiger partial charge in [0.2, 0.25) is 0 Å². The minimum absolute atomic E-state index is 0.760. The first kappa shape index (κ1) is 16.7. The van der Waals surface area contributed by atoms with Crippen molar-refractivity contribution >= 4 is 11.3 Å². The molecule has 1 aromatic heterocycles. The van der Waals surface area contributed by atoms with Crippen LogP contribution in [0.3, 0.4) is 0 Å². The number of thiophene rings is 1. The van der Waals surface area contributed by atoms with E-state index in [2.05, 4.69) is 43.2 Å². The number of rotatable bonds is 10. The van der Waals surface area contributed by atoms with E-state index in [0.29, 0.717) is 0 Å². The second-order valence-corrected chi connectivity index (χ2v) is 6.70. The van der Waals surface area contributed by atoms with Gasteiger partial charge in [0.1, 0.15) is 0 Å². The minimum Gasteiger partial charge on any atom is -0.330 e. The van der Waals surface area contributed by atoms with Gasteiger partial charge in [0.15, 0.2) is 0 Å². The predicted molar refractivity (Wildman–Crippen MR) is 86.5 cm³/mol. The van der Waals surface area contributed by atoms with Gasteiger partial charge in [-0.1, -0.05) is 26.8 Å². The second-order valence-electron chi connectivity index (χ2n) is 5.67. The molecule has 0 aliphatic rings. The molecule has 19 heavy (non-hydrogen) atoms. The molecule has 0 aromatic carbocycles. The molecule has 0 radical (unpaired) electrons. The zero-order valence-corrected chi connectivity index (χ0v) is 13.6. The summed E-state index contributed by atoms with van der Waals surface area (Å²) in [7, 11) is 0. The Morgan fingerprint density at radius 2 is 2.11 bits per heavy atom. The number of hydrogen-bond acceptors (Lipinski definition) is 3. The quantitative estimate of drug-likeness (QED) is 0.703. The summed E-state index contributed by atoms with van der Waals surface area (Å²) in [5.74, 6) is 1.56. The van der Waals surface area contributed by atoms with Gasteiger partial charge in [-0.3, -0.25) is 4.90 Å². The van der Waals surface area contributed by atoms with Gasteiger partial charge in [-0.2, -0.15) is 0 Å². The third-order valence-electron chi connectivity index (χ3n) is 3.94. The molecule has 1 atom stereocenters. The first-order chi connectivity index (χ1) is 9.17. The highest BCUT2D eigenvalue weighted by Gasteiger charge is 2.13. The molecule has 3 heteroatoms. The van der Waals surface area contributed by atoms with Crippen LogP contribution in [0, 0.1) is 11.8 Å². The molecule has 0 spiro atoms. The molecule has 1 heterocycles. The van der Waals surface area contributed by atoms with Crippen molar-refractivity contribution in [3.8, 4) is 0 Å². The summed E-state index contributed by atoms with van der Waals surface area (Å²) in [5.41, 5.74) is 5.71. The Morgan fingerprint density at radius 3 is 2.63 bits per heavy atom. The van der Waals surface area contributed by atoms with E-state index in [1.54, 1.807) is 0 Å². The normalized spacial score (nSPS) is 13.4. The third-order valence-corrected chi connectivity index (χ3v) is 4.80. The van der Waals surface area contributed by atoms with Crippen LogP contribution in [0.1, 0.15) is 44.9 Å². The lowest BCUT2D eigenvalue weighted by atomic mass is 9.88. The maximum Gasteiger partial charge on any atom is 0.0327 e. The molecule has 1 unspecified atom stereocenters. The van der Waals surface area contributed by atoms with Crippen molar-refractivity contribution in [3.05, 3.63) is 22.4 Å². The van der Waals surface area contributed by atoms with Crippen LogP contribution in [0.25, 0.3) is 0 Å². The molecule has 110 valence electrons. The molecule has 0 amide bonds. The van der Waals surface area contributed by atoms with Crippen molar-refractivity contribution in [3.63, 3.8) is 0 Å². The largest absolute Gasteiger partial charge is 0.330 e. The van der Waals surface area contributed by atoms with E-state index in [1.807, 2.05) is 11.3 Å². The second kappa shape index (κ2) is 9.51. The SMILES string of the molecule is CCN(CCCC(CCN)C(C)C)Cc1cccs1. The highest BCUT2D eigenvalue weighted by molar-refractivity contribution is 7.09. The minimum atomic E-state index is 0.760. The predicted octanol–water partition coefficient (Wildman–Crippen LogP) is 3.97. The number of hydrogen-bond donors (Lipinski definition) is 1. The lowest BCUT2D eigenvalue weighted by molar-refractivity contribution is 0.252. The molecular weight excluding hydrogens is 252 g/mol. The molecule has 2 N–H and O–H groups in total. The van der Waals surface area contributed by atoms with E-state index in [4.69, 9.17) is 5.73 Å². The van der Waals surface area contributed by atoms with Gasteiger partial charge in [0.05, 0.1) is 0 Å². The summed E-state index contributed by atoms with van der Waals surface area (Å²) in [5, 5.41) is 2.17. The Kier molecular flexibility index (Phi) is 8.35. The average molecular weight is 282 g/mol. The Morgan fingerprint density at radius 1 is 1.32 bits per heavy atom. The van der Waals surface area contributed by atoms with E-state index in [-0.39, 0.29) is 0 Å². The zero-order valence-electron chi connectivity index (χ0n) is 12.8. The molecule has 0 saturated heterocycles. The summed E-state index contributed by atoms with van der Waals surface area (Å²) < 4.78 is 0. The smallest absolute Gasteiger partial charge is 0.0327 e. The van der Waals surface area contributed by atoms with E-state index < -0.39 is 0 Å². The van der Waals surface area contributed by atoms with Crippen LogP contribution in [-0.2, 0) is 6.54 Å². The average Bonchev–Trinajstić information content (AvgIpc) is 2.89. The molecule has 1 rings (SSSR count). The van der Waals surface area contributed by atoms with E-state index in [9.17, 15) is 0 Å². The van der Waals surface area contributed by atoms with E-state index in [0.717, 1.165) is 31.5 Å². The van der Waals surface area contributed by atoms with Crippen LogP contribution in [0.5, 0.6) is 0 Å². The standard InChI is InChI=1S/C16H30N2S/c1-4-18(13-16-8-6-12-19-16)11-5-7-15(9-10-17)14(2)3/h6,8,12,14-15H,4-5,7,9-11,13,17H2,1-3H3. The van der Waals surface area contributed by atoms with E-state index >= 15 is 0 Å². The lowest BCUT2D eigenvalue weighted by Crippen LogP contribution is -2.24. The van der Waals surface area contributed by atoms with Crippen molar-refractivity contribution < 1.29 is 0 Å². The Bertz CT molecular complexity index is 309. The van der Waals surface area contributed by atoms with Crippen molar-refractivity contribution in [2.24, 2.45) is 17.6 Å². The molecule has 0 aliphatic heterocycles. The van der Waals surface area contributed by atoms with Crippen LogP contribution in [0.15, 0.2) is 17.5 Å². The van der Waals surface area contributed by atoms with Crippen LogP contribution in [0.2, 0.25) is 0 Å². The number of nitrogens with two attached hydrogens (primary N) is 1. The van der Waals surface area contributed by atoms with Gasteiger partial charge < -0.3 is 5.73 Å². The van der Waals surface area contributed by atoms with Gasteiger partial charge in [0.25, 0.3) is 0 Å². The Hall–Kier alpha value is -0.380. The third kappa shape index (κ3) is 6.55. The monoisotopic (exact) mass is 282 g/mol. The lowest BCUT2D eigenvalue weighted by Gasteiger charge is -2.23. The van der Waals surface area contributed by atoms with Crippen LogP contribution < -0.4 is 5.73 Å². The van der Waals surface area contributed by atoms with E-state index in [1.165, 1.54) is 30.7 Å². The first-order valence-corrected chi connectivity index (χ1v) is 8.50. The van der Waals surface area contributed by atoms with Gasteiger partial charge in [-0.15, -0.1) is 11.3 Å². The Labute approximate surface area is 123 Å². The number of nitrogens with zero attached hydrogens (tertiary/aromatic N) is 1. The molecule has 1 aromatic rings. The molecule has 0 bridgehead atoms. The van der Waals surface area contributed by atoms with Crippen molar-refractivity contribution in [2.45, 2.75) is 46.6 Å². The molecular formula is C16H30N2S. The summed E-state index contributed by atoms with van der Waals surface area (Å²) >= 11 is 1.86. The first-order valence-electron chi connectivity index (χ1n) is 7.62. The molecule has 0 saturated carbocycles. The van der Waals surface area contributed by atoms with Gasteiger partial charge >= 0.3 is 0 Å². The highest BCUT2D eigenvalue weighted by Crippen LogP contribution is 2.21. The summed E-state index contributed by atoms with van der Waals surface area (Å²) in [6.07, 6.45) is 3.78. The van der Waals surface area contributed by atoms with Crippen LogP contribution in [0.4, 0.5) is 0 Å². The fraction of sp³-hybridized carbons (Fsp3) is 0.750. The summed E-state index contributed by atoms with van der Waals surface area (Å²) in [6, 6.07) is 4.38. The van der Waals surface area contributed by atoms with Crippen molar-refractivity contribution in [1.82, 2.24) is 4.90 Å². The summed E-state index contributed by atoms with van der Waals surface area (Å²) in [6.45, 7) is 11.2. The van der Waals surface area contributed by atoms with Gasteiger partial charge in [0, 0.05) is 11.4 Å². The zero-order chi connectivity index (χ0) is 14.1. The van der Waals surface area contributed by atoms with Crippen molar-refractivity contribution in [2.75, 3.05) is 19.6 Å². The van der Waals surface area contributed by atoms with Crippen LogP contribution >= 0.6 is 11.3 Å². The molecule has 0 aliphatic carbocycles. The fourth-order valence-corrected chi connectivity index (χ4v) is 3.32. The highest BCUT2D eigenvalue weighted by atomic mass is 32.1. The topological polar surface area (TPSA) is 29.3 Å². The van der Waals surface area contributed by atoms with Gasteiger partial charge in [-0.05, 0) is 62.2 Å². The van der Waals surface area contributed by atoms with Gasteiger partial charge in [-0.25, -0.2) is 0 Å². The molecule has 2 nitrogen and oxygen atoms in total. The van der Waals surface area contributed by atoms with Crippen LogP contribution in [-0.4, -0.2) is 24.5 Å².